The van der Waals surface area contributed by atoms with Crippen molar-refractivity contribution in [1.29, 1.82) is 0 Å². The van der Waals surface area contributed by atoms with Gasteiger partial charge >= 0.3 is 0 Å². The first-order valence-corrected chi connectivity index (χ1v) is 9.67. The Hall–Kier alpha value is -2.77. The molecule has 4 rings (SSSR count). The Bertz CT molecular complexity index is 919. The Kier molecular flexibility index (Phi) is 5.11. The van der Waals surface area contributed by atoms with Gasteiger partial charge in [-0.2, -0.15) is 5.10 Å². The van der Waals surface area contributed by atoms with Crippen LogP contribution in [0.5, 0.6) is 0 Å². The third-order valence-electron chi connectivity index (χ3n) is 5.38. The van der Waals surface area contributed by atoms with Crippen molar-refractivity contribution in [3.63, 3.8) is 0 Å². The zero-order chi connectivity index (χ0) is 19.7. The smallest absolute Gasteiger partial charge is 0.272 e. The van der Waals surface area contributed by atoms with Crippen LogP contribution in [0.4, 0.5) is 8.78 Å². The van der Waals surface area contributed by atoms with Crippen LogP contribution in [0.3, 0.4) is 0 Å². The Morgan fingerprint density at radius 2 is 1.86 bits per heavy atom. The predicted molar refractivity (Wildman–Crippen MR) is 98.3 cm³/mol. The van der Waals surface area contributed by atoms with E-state index in [2.05, 4.69) is 10.4 Å². The fraction of sp³-hybridized carbons (Fsp3) is 0.450. The molecule has 2 aliphatic rings. The lowest BCUT2D eigenvalue weighted by Crippen LogP contribution is -2.33. The van der Waals surface area contributed by atoms with E-state index < -0.39 is 11.6 Å². The molecule has 2 heterocycles. The molecule has 1 N–H and O–H groups in total. The van der Waals surface area contributed by atoms with Gasteiger partial charge in [-0.3, -0.25) is 9.59 Å². The van der Waals surface area contributed by atoms with Crippen LogP contribution in [0.25, 0.3) is 5.69 Å². The van der Waals surface area contributed by atoms with Crippen molar-refractivity contribution in [3.8, 4) is 5.69 Å². The summed E-state index contributed by atoms with van der Waals surface area (Å²) in [5, 5.41) is 7.14. The van der Waals surface area contributed by atoms with E-state index in [0.717, 1.165) is 62.2 Å². The molecule has 2 amide bonds. The summed E-state index contributed by atoms with van der Waals surface area (Å²) in [7, 11) is 0. The number of rotatable bonds is 5. The zero-order valence-electron chi connectivity index (χ0n) is 15.5. The highest BCUT2D eigenvalue weighted by Crippen LogP contribution is 2.28. The SMILES string of the molecule is O=C(NCCC(=O)N1CCCC1)c1nn(-c2ccc(F)c(F)c2)c2c1CCC2. The molecule has 148 valence electrons. The van der Waals surface area contributed by atoms with Gasteiger partial charge in [-0.25, -0.2) is 13.5 Å². The molecule has 2 aromatic rings. The second-order valence-corrected chi connectivity index (χ2v) is 7.23. The van der Waals surface area contributed by atoms with Gasteiger partial charge in [0.25, 0.3) is 5.91 Å². The van der Waals surface area contributed by atoms with Crippen LogP contribution in [-0.4, -0.2) is 46.1 Å². The number of fused-ring (bicyclic) bond motifs is 1. The van der Waals surface area contributed by atoms with Gasteiger partial charge in [0.05, 0.1) is 5.69 Å². The van der Waals surface area contributed by atoms with E-state index >= 15 is 0 Å². The molecular formula is C20H22F2N4O2. The minimum atomic E-state index is -0.953. The number of benzene rings is 1. The van der Waals surface area contributed by atoms with Gasteiger partial charge in [0.1, 0.15) is 0 Å². The second kappa shape index (κ2) is 7.69. The standard InChI is InChI=1S/C20H22F2N4O2/c21-15-7-6-13(12-16(15)22)26-17-5-3-4-14(17)19(24-26)20(28)23-9-8-18(27)25-10-1-2-11-25/h6-7,12H,1-5,8-11H2,(H,23,28). The largest absolute Gasteiger partial charge is 0.350 e. The summed E-state index contributed by atoms with van der Waals surface area (Å²) in [5.74, 6) is -2.16. The summed E-state index contributed by atoms with van der Waals surface area (Å²) in [6, 6.07) is 3.58. The third kappa shape index (κ3) is 3.50. The molecule has 1 aliphatic carbocycles. The van der Waals surface area contributed by atoms with Crippen molar-refractivity contribution in [2.75, 3.05) is 19.6 Å². The minimum absolute atomic E-state index is 0.0512. The minimum Gasteiger partial charge on any atom is -0.350 e. The first-order valence-electron chi connectivity index (χ1n) is 9.67. The number of nitrogens with zero attached hydrogens (tertiary/aromatic N) is 3. The van der Waals surface area contributed by atoms with E-state index in [-0.39, 0.29) is 24.8 Å². The molecule has 0 radical (unpaired) electrons. The summed E-state index contributed by atoms with van der Waals surface area (Å²) in [5.41, 5.74) is 2.38. The molecule has 0 saturated carbocycles. The summed E-state index contributed by atoms with van der Waals surface area (Å²) in [6.45, 7) is 1.83. The lowest BCUT2D eigenvalue weighted by molar-refractivity contribution is -0.129. The number of hydrogen-bond acceptors (Lipinski definition) is 3. The average molecular weight is 388 g/mol. The number of nitrogens with one attached hydrogen (secondary N) is 1. The zero-order valence-corrected chi connectivity index (χ0v) is 15.5. The van der Waals surface area contributed by atoms with E-state index in [1.807, 2.05) is 4.90 Å². The van der Waals surface area contributed by atoms with Gasteiger partial charge in [-0.1, -0.05) is 0 Å². The van der Waals surface area contributed by atoms with Crippen molar-refractivity contribution >= 4 is 11.8 Å². The Balaban J connectivity index is 1.48. The number of aromatic nitrogens is 2. The van der Waals surface area contributed by atoms with Gasteiger partial charge in [0.2, 0.25) is 5.91 Å². The molecule has 28 heavy (non-hydrogen) atoms. The van der Waals surface area contributed by atoms with Gasteiger partial charge in [0, 0.05) is 43.4 Å². The number of likely N-dealkylation sites (tertiary alicyclic amines) is 1. The second-order valence-electron chi connectivity index (χ2n) is 7.23. The summed E-state index contributed by atoms with van der Waals surface area (Å²) in [6.07, 6.45) is 4.65. The highest BCUT2D eigenvalue weighted by atomic mass is 19.2. The maximum absolute atomic E-state index is 13.6. The van der Waals surface area contributed by atoms with E-state index in [9.17, 15) is 18.4 Å². The van der Waals surface area contributed by atoms with E-state index in [0.29, 0.717) is 17.8 Å². The fourth-order valence-corrected chi connectivity index (χ4v) is 3.94. The van der Waals surface area contributed by atoms with E-state index in [1.165, 1.54) is 10.7 Å². The van der Waals surface area contributed by atoms with Crippen molar-refractivity contribution in [3.05, 3.63) is 46.8 Å². The summed E-state index contributed by atoms with van der Waals surface area (Å²) >= 11 is 0. The van der Waals surface area contributed by atoms with Gasteiger partial charge in [0.15, 0.2) is 17.3 Å². The monoisotopic (exact) mass is 388 g/mol. The topological polar surface area (TPSA) is 67.2 Å². The van der Waals surface area contributed by atoms with E-state index in [1.54, 1.807) is 0 Å². The Labute approximate surface area is 161 Å². The molecular weight excluding hydrogens is 366 g/mol. The van der Waals surface area contributed by atoms with Crippen molar-refractivity contribution in [2.45, 2.75) is 38.5 Å². The lowest BCUT2D eigenvalue weighted by atomic mass is 10.2. The van der Waals surface area contributed by atoms with Crippen LogP contribution in [0.15, 0.2) is 18.2 Å². The summed E-state index contributed by atoms with van der Waals surface area (Å²) < 4.78 is 28.4. The fourth-order valence-electron chi connectivity index (χ4n) is 3.94. The third-order valence-corrected chi connectivity index (χ3v) is 5.38. The average Bonchev–Trinajstić information content (AvgIpc) is 3.41. The van der Waals surface area contributed by atoms with Crippen molar-refractivity contribution < 1.29 is 18.4 Å². The first kappa shape index (κ1) is 18.6. The van der Waals surface area contributed by atoms with Crippen LogP contribution in [0.1, 0.15) is 47.4 Å². The van der Waals surface area contributed by atoms with Crippen LogP contribution in [0.2, 0.25) is 0 Å². The van der Waals surface area contributed by atoms with Gasteiger partial charge < -0.3 is 10.2 Å². The van der Waals surface area contributed by atoms with Crippen LogP contribution in [-0.2, 0) is 17.6 Å². The molecule has 1 aliphatic heterocycles. The van der Waals surface area contributed by atoms with Gasteiger partial charge in [-0.05, 0) is 44.2 Å². The molecule has 1 aromatic heterocycles. The van der Waals surface area contributed by atoms with Crippen LogP contribution >= 0.6 is 0 Å². The molecule has 0 unspecified atom stereocenters. The number of halogens is 2. The van der Waals surface area contributed by atoms with Gasteiger partial charge in [-0.15, -0.1) is 0 Å². The molecule has 8 heteroatoms. The molecule has 1 saturated heterocycles. The molecule has 1 aromatic carbocycles. The Morgan fingerprint density at radius 1 is 1.07 bits per heavy atom. The summed E-state index contributed by atoms with van der Waals surface area (Å²) in [4.78, 5) is 26.5. The van der Waals surface area contributed by atoms with E-state index in [4.69, 9.17) is 0 Å². The molecule has 1 fully saturated rings. The molecule has 0 spiro atoms. The molecule has 0 atom stereocenters. The number of amides is 2. The highest BCUT2D eigenvalue weighted by molar-refractivity contribution is 5.94. The molecule has 6 nitrogen and oxygen atoms in total. The van der Waals surface area contributed by atoms with Crippen molar-refractivity contribution in [1.82, 2.24) is 20.0 Å². The maximum Gasteiger partial charge on any atom is 0.272 e. The Morgan fingerprint density at radius 3 is 2.61 bits per heavy atom. The van der Waals surface area contributed by atoms with Crippen LogP contribution in [0, 0.1) is 11.6 Å². The highest BCUT2D eigenvalue weighted by Gasteiger charge is 2.27. The van der Waals surface area contributed by atoms with Crippen molar-refractivity contribution in [2.24, 2.45) is 0 Å². The molecule has 0 bridgehead atoms. The maximum atomic E-state index is 13.6. The number of carbonyl (C=O) groups is 2. The quantitative estimate of drug-likeness (QED) is 0.855. The predicted octanol–water partition coefficient (Wildman–Crippen LogP) is 2.38. The van der Waals surface area contributed by atoms with Crippen LogP contribution < -0.4 is 5.32 Å². The first-order chi connectivity index (χ1) is 13.5. The normalized spacial score (nSPS) is 15.7. The number of hydrogen-bond donors (Lipinski definition) is 1. The lowest BCUT2D eigenvalue weighted by Gasteiger charge is -2.15. The number of carbonyl (C=O) groups excluding carboxylic acids is 2.